The maximum atomic E-state index is 11.1. The molecule has 1 aromatic heterocycles. The van der Waals surface area contributed by atoms with Gasteiger partial charge in [0.2, 0.25) is 0 Å². The molecule has 0 aliphatic rings. The van der Waals surface area contributed by atoms with Crippen LogP contribution in [0, 0.1) is 6.92 Å². The van der Waals surface area contributed by atoms with Crippen LogP contribution < -0.4 is 9.44 Å². The molecule has 0 saturated carbocycles. The Balaban J connectivity index is 2.99. The molecule has 0 aromatic carbocycles. The number of nitrogens with zero attached hydrogens (tertiary/aromatic N) is 1. The van der Waals surface area contributed by atoms with Gasteiger partial charge >= 0.3 is 0 Å². The van der Waals surface area contributed by atoms with Crippen molar-refractivity contribution in [3.8, 4) is 0 Å². The summed E-state index contributed by atoms with van der Waals surface area (Å²) in [5.74, 6) is 0. The SMILES string of the molecule is CNS(=O)(=O)Nc1ccc(Br)nc1C. The van der Waals surface area contributed by atoms with E-state index >= 15 is 0 Å². The van der Waals surface area contributed by atoms with Gasteiger partial charge in [0, 0.05) is 7.05 Å². The van der Waals surface area contributed by atoms with Gasteiger partial charge in [0.25, 0.3) is 10.2 Å². The van der Waals surface area contributed by atoms with Crippen LogP contribution >= 0.6 is 15.9 Å². The molecule has 7 heteroatoms. The Hall–Kier alpha value is -0.660. The molecule has 78 valence electrons. The standard InChI is InChI=1S/C7H10BrN3O2S/c1-5-6(3-4-7(8)10-5)11-14(12,13)9-2/h3-4,9,11H,1-2H3. The van der Waals surface area contributed by atoms with Crippen LogP contribution in [0.4, 0.5) is 5.69 Å². The van der Waals surface area contributed by atoms with Crippen molar-refractivity contribution < 1.29 is 8.42 Å². The lowest BCUT2D eigenvalue weighted by Gasteiger charge is -2.08. The van der Waals surface area contributed by atoms with Crippen LogP contribution in [0.1, 0.15) is 5.69 Å². The summed E-state index contributed by atoms with van der Waals surface area (Å²) in [6.07, 6.45) is 0. The van der Waals surface area contributed by atoms with Crippen LogP contribution in [0.25, 0.3) is 0 Å². The minimum absolute atomic E-state index is 0.461. The number of pyridine rings is 1. The Labute approximate surface area is 91.2 Å². The minimum Gasteiger partial charge on any atom is -0.269 e. The zero-order valence-electron chi connectivity index (χ0n) is 7.70. The highest BCUT2D eigenvalue weighted by Crippen LogP contribution is 2.16. The first-order chi connectivity index (χ1) is 6.44. The molecule has 1 rings (SSSR count). The monoisotopic (exact) mass is 279 g/mol. The summed E-state index contributed by atoms with van der Waals surface area (Å²) < 4.78 is 27.5. The molecule has 0 unspecified atom stereocenters. The molecule has 2 N–H and O–H groups in total. The zero-order chi connectivity index (χ0) is 10.8. The molecule has 1 heterocycles. The molecule has 0 radical (unpaired) electrons. The van der Waals surface area contributed by atoms with E-state index in [1.54, 1.807) is 19.1 Å². The highest BCUT2D eigenvalue weighted by atomic mass is 79.9. The fourth-order valence-corrected chi connectivity index (χ4v) is 1.84. The summed E-state index contributed by atoms with van der Waals surface area (Å²) in [6, 6.07) is 3.31. The van der Waals surface area contributed by atoms with Crippen LogP contribution in [0.15, 0.2) is 16.7 Å². The summed E-state index contributed by atoms with van der Waals surface area (Å²) in [6.45, 7) is 1.72. The molecule has 0 atom stereocenters. The van der Waals surface area contributed by atoms with Gasteiger partial charge in [-0.3, -0.25) is 4.72 Å². The average molecular weight is 280 g/mol. The van der Waals surface area contributed by atoms with E-state index in [1.165, 1.54) is 7.05 Å². The second kappa shape index (κ2) is 4.24. The van der Waals surface area contributed by atoms with Crippen LogP contribution in [-0.2, 0) is 10.2 Å². The fourth-order valence-electron chi connectivity index (χ4n) is 0.834. The van der Waals surface area contributed by atoms with Crippen molar-refractivity contribution in [3.05, 3.63) is 22.4 Å². The lowest BCUT2D eigenvalue weighted by atomic mass is 10.3. The van der Waals surface area contributed by atoms with Crippen LogP contribution in [0.2, 0.25) is 0 Å². The van der Waals surface area contributed by atoms with E-state index in [-0.39, 0.29) is 0 Å². The second-order valence-electron chi connectivity index (χ2n) is 2.58. The smallest absolute Gasteiger partial charge is 0.269 e. The number of nitrogens with one attached hydrogen (secondary N) is 2. The summed E-state index contributed by atoms with van der Waals surface area (Å²) in [4.78, 5) is 4.05. The maximum absolute atomic E-state index is 11.1. The van der Waals surface area contributed by atoms with E-state index in [0.717, 1.165) is 0 Å². The summed E-state index contributed by atoms with van der Waals surface area (Å²) >= 11 is 3.19. The first-order valence-corrected chi connectivity index (χ1v) is 6.06. The summed E-state index contributed by atoms with van der Waals surface area (Å²) in [7, 11) is -2.13. The third-order valence-corrected chi connectivity index (χ3v) is 3.03. The summed E-state index contributed by atoms with van der Waals surface area (Å²) in [5, 5.41) is 0. The Morgan fingerprint density at radius 2 is 2.07 bits per heavy atom. The van der Waals surface area contributed by atoms with Gasteiger partial charge in [-0.1, -0.05) is 0 Å². The van der Waals surface area contributed by atoms with Gasteiger partial charge in [-0.15, -0.1) is 0 Å². The van der Waals surface area contributed by atoms with Crippen molar-refractivity contribution in [1.82, 2.24) is 9.71 Å². The van der Waals surface area contributed by atoms with Gasteiger partial charge in [0.15, 0.2) is 0 Å². The number of aryl methyl sites for hydroxylation is 1. The fraction of sp³-hybridized carbons (Fsp3) is 0.286. The van der Waals surface area contributed by atoms with Crippen LogP contribution in [0.5, 0.6) is 0 Å². The molecule has 0 aliphatic heterocycles. The quantitative estimate of drug-likeness (QED) is 0.812. The predicted octanol–water partition coefficient (Wildman–Crippen LogP) is 1.03. The van der Waals surface area contributed by atoms with Crippen molar-refractivity contribution in [2.45, 2.75) is 6.92 Å². The predicted molar refractivity (Wildman–Crippen MR) is 58.3 cm³/mol. The molecule has 5 nitrogen and oxygen atoms in total. The Kier molecular flexibility index (Phi) is 3.46. The number of rotatable bonds is 3. The van der Waals surface area contributed by atoms with Gasteiger partial charge < -0.3 is 0 Å². The van der Waals surface area contributed by atoms with Crippen molar-refractivity contribution in [2.75, 3.05) is 11.8 Å². The van der Waals surface area contributed by atoms with Gasteiger partial charge in [-0.2, -0.15) is 8.42 Å². The molecular weight excluding hydrogens is 270 g/mol. The van der Waals surface area contributed by atoms with Gasteiger partial charge in [0.1, 0.15) is 4.60 Å². The maximum Gasteiger partial charge on any atom is 0.298 e. The number of aromatic nitrogens is 1. The van der Waals surface area contributed by atoms with Gasteiger partial charge in [-0.25, -0.2) is 9.71 Å². The van der Waals surface area contributed by atoms with E-state index in [2.05, 4.69) is 30.4 Å². The third kappa shape index (κ3) is 2.93. The van der Waals surface area contributed by atoms with E-state index in [9.17, 15) is 8.42 Å². The van der Waals surface area contributed by atoms with Crippen LogP contribution in [-0.4, -0.2) is 20.4 Å². The lowest BCUT2D eigenvalue weighted by Crippen LogP contribution is -2.26. The molecule has 0 bridgehead atoms. The highest BCUT2D eigenvalue weighted by molar-refractivity contribution is 9.10. The third-order valence-electron chi connectivity index (χ3n) is 1.56. The van der Waals surface area contributed by atoms with E-state index in [0.29, 0.717) is 16.0 Å². The van der Waals surface area contributed by atoms with Crippen LogP contribution in [0.3, 0.4) is 0 Å². The molecule has 1 aromatic rings. The van der Waals surface area contributed by atoms with E-state index < -0.39 is 10.2 Å². The lowest BCUT2D eigenvalue weighted by molar-refractivity contribution is 0.593. The molecule has 0 amide bonds. The minimum atomic E-state index is -3.46. The van der Waals surface area contributed by atoms with Crippen molar-refractivity contribution in [1.29, 1.82) is 0 Å². The van der Waals surface area contributed by atoms with Crippen molar-refractivity contribution in [2.24, 2.45) is 0 Å². The molecule has 0 saturated heterocycles. The van der Waals surface area contributed by atoms with E-state index in [4.69, 9.17) is 0 Å². The second-order valence-corrected chi connectivity index (χ2v) is 5.01. The van der Waals surface area contributed by atoms with Gasteiger partial charge in [-0.05, 0) is 35.0 Å². The normalized spacial score (nSPS) is 11.4. The Morgan fingerprint density at radius 3 is 2.57 bits per heavy atom. The topological polar surface area (TPSA) is 71.1 Å². The Bertz CT molecular complexity index is 433. The highest BCUT2D eigenvalue weighted by Gasteiger charge is 2.08. The zero-order valence-corrected chi connectivity index (χ0v) is 10.1. The number of hydrogen-bond acceptors (Lipinski definition) is 3. The number of anilines is 1. The first-order valence-electron chi connectivity index (χ1n) is 3.79. The molecular formula is C7H10BrN3O2S. The largest absolute Gasteiger partial charge is 0.298 e. The van der Waals surface area contributed by atoms with Crippen molar-refractivity contribution in [3.63, 3.8) is 0 Å². The first kappa shape index (κ1) is 11.4. The number of halogens is 1. The average Bonchev–Trinajstić information content (AvgIpc) is 2.10. The summed E-state index contributed by atoms with van der Waals surface area (Å²) in [5.41, 5.74) is 1.07. The Morgan fingerprint density at radius 1 is 1.43 bits per heavy atom. The molecule has 0 aliphatic carbocycles. The van der Waals surface area contributed by atoms with Gasteiger partial charge in [0.05, 0.1) is 11.4 Å². The van der Waals surface area contributed by atoms with Crippen molar-refractivity contribution >= 4 is 31.8 Å². The number of hydrogen-bond donors (Lipinski definition) is 2. The molecule has 14 heavy (non-hydrogen) atoms. The molecule has 0 fully saturated rings. The van der Waals surface area contributed by atoms with E-state index in [1.807, 2.05) is 0 Å². The molecule has 0 spiro atoms.